The van der Waals surface area contributed by atoms with Crippen LogP contribution in [0.4, 0.5) is 11.5 Å². The maximum atomic E-state index is 5.59. The van der Waals surface area contributed by atoms with E-state index in [2.05, 4.69) is 37.9 Å². The molecule has 0 aliphatic carbocycles. The molecule has 6 heteroatoms. The first-order chi connectivity index (χ1) is 8.18. The third kappa shape index (κ3) is 2.89. The van der Waals surface area contributed by atoms with Crippen molar-refractivity contribution >= 4 is 51.3 Å². The van der Waals surface area contributed by atoms with Crippen molar-refractivity contribution in [3.63, 3.8) is 0 Å². The van der Waals surface area contributed by atoms with Crippen molar-refractivity contribution < 1.29 is 0 Å². The first kappa shape index (κ1) is 12.2. The average Bonchev–Trinajstić information content (AvgIpc) is 2.32. The van der Waals surface area contributed by atoms with Gasteiger partial charge in [-0.2, -0.15) is 0 Å². The molecule has 0 saturated heterocycles. The molecule has 1 heterocycles. The van der Waals surface area contributed by atoms with Crippen molar-refractivity contribution in [2.75, 3.05) is 5.32 Å². The molecule has 1 aromatic carbocycles. The highest BCUT2D eigenvalue weighted by Crippen LogP contribution is 2.22. The number of anilines is 2. The van der Waals surface area contributed by atoms with E-state index in [4.69, 9.17) is 18.0 Å². The molecule has 0 aliphatic rings. The van der Waals surface area contributed by atoms with Crippen molar-refractivity contribution in [3.8, 4) is 0 Å². The fourth-order valence-corrected chi connectivity index (χ4v) is 1.97. The molecule has 2 aromatic rings. The number of nitrogens with two attached hydrogens (primary N) is 1. The van der Waals surface area contributed by atoms with E-state index in [1.807, 2.05) is 24.3 Å². The summed E-state index contributed by atoms with van der Waals surface area (Å²) in [5.74, 6) is 0.573. The second-order valence-electron chi connectivity index (χ2n) is 3.22. The number of rotatable bonds is 3. The van der Waals surface area contributed by atoms with E-state index in [0.717, 1.165) is 9.26 Å². The van der Waals surface area contributed by atoms with E-state index < -0.39 is 0 Å². The van der Waals surface area contributed by atoms with E-state index in [-0.39, 0.29) is 4.99 Å². The lowest BCUT2D eigenvalue weighted by Gasteiger charge is -2.10. The van der Waals surface area contributed by atoms with Gasteiger partial charge in [-0.25, -0.2) is 9.97 Å². The van der Waals surface area contributed by atoms with E-state index in [1.165, 1.54) is 0 Å². The van der Waals surface area contributed by atoms with Gasteiger partial charge in [-0.05, 0) is 34.7 Å². The molecule has 3 N–H and O–H groups in total. The number of nitrogens with one attached hydrogen (secondary N) is 1. The summed E-state index contributed by atoms with van der Waals surface area (Å²) in [5, 5.41) is 3.17. The predicted octanol–water partition coefficient (Wildman–Crippen LogP) is 2.46. The molecular weight excluding hydrogens is 347 g/mol. The minimum atomic E-state index is 0.228. The Bertz CT molecular complexity index is 559. The fraction of sp³-hybridized carbons (Fsp3) is 0. The summed E-state index contributed by atoms with van der Waals surface area (Å²) in [4.78, 5) is 8.53. The number of nitrogens with zero attached hydrogens (tertiary/aromatic N) is 2. The average molecular weight is 356 g/mol. The fourth-order valence-electron chi connectivity index (χ4n) is 1.30. The first-order valence-corrected chi connectivity index (χ1v) is 6.29. The minimum Gasteiger partial charge on any atom is -0.388 e. The lowest BCUT2D eigenvalue weighted by Crippen LogP contribution is -2.15. The number of hydrogen-bond donors (Lipinski definition) is 2. The van der Waals surface area contributed by atoms with Gasteiger partial charge < -0.3 is 11.1 Å². The van der Waals surface area contributed by atoms with E-state index in [1.54, 1.807) is 12.4 Å². The van der Waals surface area contributed by atoms with Gasteiger partial charge in [-0.1, -0.05) is 24.4 Å². The molecule has 0 atom stereocenters. The normalized spacial score (nSPS) is 9.94. The van der Waals surface area contributed by atoms with Gasteiger partial charge >= 0.3 is 0 Å². The van der Waals surface area contributed by atoms with Crippen LogP contribution >= 0.6 is 34.8 Å². The van der Waals surface area contributed by atoms with Gasteiger partial charge in [0.25, 0.3) is 0 Å². The molecule has 0 amide bonds. The standard InChI is InChI=1S/C11H9IN4S/c12-7-3-1-2-4-8(7)16-11-9(10(13)17)14-5-6-15-11/h1-6H,(H2,13,17)(H,15,16). The van der Waals surface area contributed by atoms with Gasteiger partial charge in [0.2, 0.25) is 0 Å². The SMILES string of the molecule is NC(=S)c1nccnc1Nc1ccccc1I. The van der Waals surface area contributed by atoms with Crippen LogP contribution in [0.1, 0.15) is 5.69 Å². The van der Waals surface area contributed by atoms with E-state index in [9.17, 15) is 0 Å². The van der Waals surface area contributed by atoms with Gasteiger partial charge in [0.15, 0.2) is 5.82 Å². The Kier molecular flexibility index (Phi) is 3.85. The zero-order valence-electron chi connectivity index (χ0n) is 8.72. The zero-order chi connectivity index (χ0) is 12.3. The molecule has 0 bridgehead atoms. The molecule has 0 aliphatic heterocycles. The quantitative estimate of drug-likeness (QED) is 0.654. The molecule has 1 aromatic heterocycles. The van der Waals surface area contributed by atoms with Crippen molar-refractivity contribution in [1.29, 1.82) is 0 Å². The molecule has 0 spiro atoms. The Morgan fingerprint density at radius 1 is 1.24 bits per heavy atom. The summed E-state index contributed by atoms with van der Waals surface area (Å²) in [5.41, 5.74) is 7.05. The maximum absolute atomic E-state index is 5.59. The molecule has 2 rings (SSSR count). The van der Waals surface area contributed by atoms with Crippen LogP contribution in [0, 0.1) is 3.57 Å². The molecule has 17 heavy (non-hydrogen) atoms. The summed E-state index contributed by atoms with van der Waals surface area (Å²) in [6, 6.07) is 7.87. The van der Waals surface area contributed by atoms with E-state index >= 15 is 0 Å². The van der Waals surface area contributed by atoms with Gasteiger partial charge in [0, 0.05) is 16.0 Å². The lowest BCUT2D eigenvalue weighted by molar-refractivity contribution is 1.18. The number of thiocarbonyl (C=S) groups is 1. The second-order valence-corrected chi connectivity index (χ2v) is 4.82. The largest absolute Gasteiger partial charge is 0.388 e. The highest BCUT2D eigenvalue weighted by molar-refractivity contribution is 14.1. The monoisotopic (exact) mass is 356 g/mol. The number of para-hydroxylation sites is 1. The smallest absolute Gasteiger partial charge is 0.159 e. The minimum absolute atomic E-state index is 0.228. The maximum Gasteiger partial charge on any atom is 0.159 e. The zero-order valence-corrected chi connectivity index (χ0v) is 11.7. The number of halogens is 1. The Hall–Kier alpha value is -1.28. The summed E-state index contributed by atoms with van der Waals surface area (Å²) >= 11 is 7.17. The van der Waals surface area contributed by atoms with Crippen LogP contribution in [-0.4, -0.2) is 15.0 Å². The number of benzene rings is 1. The predicted molar refractivity (Wildman–Crippen MR) is 80.4 cm³/mol. The van der Waals surface area contributed by atoms with Crippen LogP contribution in [-0.2, 0) is 0 Å². The highest BCUT2D eigenvalue weighted by atomic mass is 127. The Morgan fingerprint density at radius 3 is 2.65 bits per heavy atom. The van der Waals surface area contributed by atoms with Gasteiger partial charge in [0.1, 0.15) is 10.7 Å². The van der Waals surface area contributed by atoms with Gasteiger partial charge in [-0.3, -0.25) is 0 Å². The van der Waals surface area contributed by atoms with Gasteiger partial charge in [0.05, 0.1) is 5.69 Å². The van der Waals surface area contributed by atoms with Crippen LogP contribution in [0.5, 0.6) is 0 Å². The Morgan fingerprint density at radius 2 is 1.94 bits per heavy atom. The van der Waals surface area contributed by atoms with Crippen molar-refractivity contribution in [1.82, 2.24) is 9.97 Å². The van der Waals surface area contributed by atoms with Gasteiger partial charge in [-0.15, -0.1) is 0 Å². The van der Waals surface area contributed by atoms with Crippen LogP contribution in [0.2, 0.25) is 0 Å². The molecule has 86 valence electrons. The third-order valence-electron chi connectivity index (χ3n) is 2.06. The molecule has 4 nitrogen and oxygen atoms in total. The van der Waals surface area contributed by atoms with Crippen molar-refractivity contribution in [3.05, 3.63) is 45.9 Å². The third-order valence-corrected chi connectivity index (χ3v) is 3.19. The van der Waals surface area contributed by atoms with Crippen LogP contribution in [0.3, 0.4) is 0 Å². The summed E-state index contributed by atoms with van der Waals surface area (Å²) in [6.07, 6.45) is 3.16. The Labute approximate surface area is 118 Å². The summed E-state index contributed by atoms with van der Waals surface area (Å²) in [6.45, 7) is 0. The summed E-state index contributed by atoms with van der Waals surface area (Å²) in [7, 11) is 0. The second kappa shape index (κ2) is 5.37. The van der Waals surface area contributed by atoms with Crippen LogP contribution in [0.25, 0.3) is 0 Å². The summed E-state index contributed by atoms with van der Waals surface area (Å²) < 4.78 is 1.09. The first-order valence-electron chi connectivity index (χ1n) is 4.81. The van der Waals surface area contributed by atoms with E-state index in [0.29, 0.717) is 11.5 Å². The van der Waals surface area contributed by atoms with Crippen molar-refractivity contribution in [2.45, 2.75) is 0 Å². The topological polar surface area (TPSA) is 63.8 Å². The highest BCUT2D eigenvalue weighted by Gasteiger charge is 2.08. The Balaban J connectivity index is 2.37. The lowest BCUT2D eigenvalue weighted by atomic mass is 10.3. The van der Waals surface area contributed by atoms with Crippen LogP contribution in [0.15, 0.2) is 36.7 Å². The van der Waals surface area contributed by atoms with Crippen molar-refractivity contribution in [2.24, 2.45) is 5.73 Å². The molecular formula is C11H9IN4S. The molecule has 0 saturated carbocycles. The number of aromatic nitrogens is 2. The number of hydrogen-bond acceptors (Lipinski definition) is 4. The van der Waals surface area contributed by atoms with Crippen LogP contribution < -0.4 is 11.1 Å². The molecule has 0 radical (unpaired) electrons. The molecule has 0 fully saturated rings. The molecule has 0 unspecified atom stereocenters.